The fraction of sp³-hybridized carbons (Fsp3) is 0.0625. The first-order valence-electron chi connectivity index (χ1n) is 6.54. The number of hydrogen-bond donors (Lipinski definition) is 3. The van der Waals surface area contributed by atoms with Gasteiger partial charge in [-0.1, -0.05) is 17.7 Å². The molecule has 0 amide bonds. The zero-order valence-corrected chi connectivity index (χ0v) is 13.2. The van der Waals surface area contributed by atoms with E-state index in [0.717, 1.165) is 11.3 Å². The first-order valence-corrected chi connectivity index (χ1v) is 7.80. The van der Waals surface area contributed by atoms with Crippen molar-refractivity contribution >= 4 is 33.8 Å². The van der Waals surface area contributed by atoms with Gasteiger partial charge in [0.15, 0.2) is 5.13 Å². The lowest BCUT2D eigenvalue weighted by atomic mass is 10.1. The molecule has 0 unspecified atom stereocenters. The van der Waals surface area contributed by atoms with Crippen LogP contribution in [0.2, 0.25) is 5.02 Å². The summed E-state index contributed by atoms with van der Waals surface area (Å²) in [6.45, 7) is 1.99. The van der Waals surface area contributed by atoms with Crippen LogP contribution < -0.4 is 5.32 Å². The van der Waals surface area contributed by atoms with Gasteiger partial charge < -0.3 is 15.5 Å². The van der Waals surface area contributed by atoms with Crippen LogP contribution in [0.4, 0.5) is 10.8 Å². The number of aryl methyl sites for hydroxylation is 1. The van der Waals surface area contributed by atoms with E-state index in [1.54, 1.807) is 6.07 Å². The minimum atomic E-state index is -0.00390. The number of thiazole rings is 1. The minimum absolute atomic E-state index is 0.00390. The summed E-state index contributed by atoms with van der Waals surface area (Å²) in [4.78, 5) is 4.46. The van der Waals surface area contributed by atoms with Crippen molar-refractivity contribution in [3.63, 3.8) is 0 Å². The van der Waals surface area contributed by atoms with Crippen molar-refractivity contribution in [2.45, 2.75) is 6.92 Å². The number of nitrogens with one attached hydrogen (secondary N) is 1. The van der Waals surface area contributed by atoms with Gasteiger partial charge in [0.2, 0.25) is 0 Å². The Kier molecular flexibility index (Phi) is 3.92. The molecule has 1 aromatic heterocycles. The second-order valence-electron chi connectivity index (χ2n) is 4.82. The van der Waals surface area contributed by atoms with E-state index in [9.17, 15) is 10.2 Å². The Morgan fingerprint density at radius 3 is 2.73 bits per heavy atom. The van der Waals surface area contributed by atoms with Gasteiger partial charge >= 0.3 is 0 Å². The molecule has 1 heterocycles. The molecule has 4 nitrogen and oxygen atoms in total. The van der Waals surface area contributed by atoms with Crippen LogP contribution in [0.25, 0.3) is 11.3 Å². The summed E-state index contributed by atoms with van der Waals surface area (Å²) in [5.74, 6) is 0.0140. The van der Waals surface area contributed by atoms with Crippen molar-refractivity contribution < 1.29 is 10.2 Å². The van der Waals surface area contributed by atoms with Crippen LogP contribution in [0, 0.1) is 6.92 Å². The molecule has 0 saturated carbocycles. The standard InChI is InChI=1S/C16H13ClN2O2S/c1-9-2-3-10(17)6-13(9)18-16-19-14(8-22-16)12-5-4-11(20)7-15(12)21/h2-8,20-21H,1H3,(H,18,19). The van der Waals surface area contributed by atoms with Crippen molar-refractivity contribution in [1.82, 2.24) is 4.98 Å². The first-order chi connectivity index (χ1) is 10.5. The number of anilines is 2. The second-order valence-corrected chi connectivity index (χ2v) is 6.12. The van der Waals surface area contributed by atoms with Crippen LogP contribution in [0.15, 0.2) is 41.8 Å². The van der Waals surface area contributed by atoms with Crippen LogP contribution in [0.1, 0.15) is 5.56 Å². The molecule has 2 aromatic carbocycles. The number of aromatic nitrogens is 1. The molecular formula is C16H13ClN2O2S. The van der Waals surface area contributed by atoms with Gasteiger partial charge in [-0.2, -0.15) is 0 Å². The van der Waals surface area contributed by atoms with Crippen molar-refractivity contribution in [3.05, 3.63) is 52.4 Å². The van der Waals surface area contributed by atoms with Gasteiger partial charge in [0.05, 0.1) is 5.69 Å². The maximum absolute atomic E-state index is 9.89. The maximum Gasteiger partial charge on any atom is 0.187 e. The van der Waals surface area contributed by atoms with Gasteiger partial charge in [0.1, 0.15) is 11.5 Å². The van der Waals surface area contributed by atoms with Gasteiger partial charge in [0, 0.05) is 27.7 Å². The molecule has 0 aliphatic heterocycles. The molecule has 3 rings (SSSR count). The molecule has 0 atom stereocenters. The van der Waals surface area contributed by atoms with Crippen LogP contribution in [-0.4, -0.2) is 15.2 Å². The monoisotopic (exact) mass is 332 g/mol. The van der Waals surface area contributed by atoms with Gasteiger partial charge in [0.25, 0.3) is 0 Å². The molecular weight excluding hydrogens is 320 g/mol. The lowest BCUT2D eigenvalue weighted by Gasteiger charge is -2.07. The highest BCUT2D eigenvalue weighted by molar-refractivity contribution is 7.14. The molecule has 0 aliphatic rings. The first kappa shape index (κ1) is 14.7. The Bertz CT molecular complexity index is 833. The average Bonchev–Trinajstić information content (AvgIpc) is 2.91. The summed E-state index contributed by atoms with van der Waals surface area (Å²) >= 11 is 7.43. The number of rotatable bonds is 3. The van der Waals surface area contributed by atoms with Gasteiger partial charge in [-0.25, -0.2) is 4.98 Å². The number of nitrogens with zero attached hydrogens (tertiary/aromatic N) is 1. The Balaban J connectivity index is 1.89. The highest BCUT2D eigenvalue weighted by Crippen LogP contribution is 2.35. The molecule has 0 fully saturated rings. The van der Waals surface area contributed by atoms with Gasteiger partial charge in [-0.3, -0.25) is 0 Å². The predicted molar refractivity (Wildman–Crippen MR) is 90.4 cm³/mol. The lowest BCUT2D eigenvalue weighted by Crippen LogP contribution is -1.92. The van der Waals surface area contributed by atoms with E-state index in [-0.39, 0.29) is 11.5 Å². The summed E-state index contributed by atoms with van der Waals surface area (Å²) in [5, 5.41) is 25.7. The Labute approximate surface area is 136 Å². The largest absolute Gasteiger partial charge is 0.508 e. The molecule has 3 N–H and O–H groups in total. The summed E-state index contributed by atoms with van der Waals surface area (Å²) < 4.78 is 0. The second kappa shape index (κ2) is 5.87. The predicted octanol–water partition coefficient (Wildman–Crippen LogP) is 4.93. The molecule has 6 heteroatoms. The van der Waals surface area contributed by atoms with Crippen LogP contribution in [0.3, 0.4) is 0 Å². The van der Waals surface area contributed by atoms with Gasteiger partial charge in [-0.05, 0) is 36.8 Å². The van der Waals surface area contributed by atoms with E-state index in [1.165, 1.54) is 23.5 Å². The molecule has 0 saturated heterocycles. The average molecular weight is 333 g/mol. The van der Waals surface area contributed by atoms with Crippen molar-refractivity contribution in [2.75, 3.05) is 5.32 Å². The Morgan fingerprint density at radius 2 is 1.95 bits per heavy atom. The molecule has 3 aromatic rings. The number of aromatic hydroxyl groups is 2. The molecule has 0 radical (unpaired) electrons. The van der Waals surface area contributed by atoms with E-state index in [4.69, 9.17) is 11.6 Å². The van der Waals surface area contributed by atoms with Gasteiger partial charge in [-0.15, -0.1) is 11.3 Å². The van der Waals surface area contributed by atoms with E-state index < -0.39 is 0 Å². The number of phenolic OH excluding ortho intramolecular Hbond substituents is 2. The number of hydrogen-bond acceptors (Lipinski definition) is 5. The summed E-state index contributed by atoms with van der Waals surface area (Å²) in [6.07, 6.45) is 0. The molecule has 112 valence electrons. The fourth-order valence-corrected chi connectivity index (χ4v) is 2.93. The highest BCUT2D eigenvalue weighted by Gasteiger charge is 2.10. The zero-order chi connectivity index (χ0) is 15.7. The maximum atomic E-state index is 9.89. The molecule has 0 spiro atoms. The summed E-state index contributed by atoms with van der Waals surface area (Å²) in [5.41, 5.74) is 3.17. The lowest BCUT2D eigenvalue weighted by molar-refractivity contribution is 0.452. The van der Waals surface area contributed by atoms with Crippen LogP contribution in [-0.2, 0) is 0 Å². The summed E-state index contributed by atoms with van der Waals surface area (Å²) in [7, 11) is 0. The molecule has 0 bridgehead atoms. The Hall–Kier alpha value is -2.24. The highest BCUT2D eigenvalue weighted by atomic mass is 35.5. The van der Waals surface area contributed by atoms with E-state index in [0.29, 0.717) is 21.4 Å². The van der Waals surface area contributed by atoms with Crippen LogP contribution >= 0.6 is 22.9 Å². The number of phenols is 2. The third-order valence-corrected chi connectivity index (χ3v) is 4.20. The van der Waals surface area contributed by atoms with Crippen LogP contribution in [0.5, 0.6) is 11.5 Å². The van der Waals surface area contributed by atoms with Crippen molar-refractivity contribution in [2.24, 2.45) is 0 Å². The number of halogens is 1. The number of benzene rings is 2. The normalized spacial score (nSPS) is 10.6. The summed E-state index contributed by atoms with van der Waals surface area (Å²) in [6, 6.07) is 10.1. The van der Waals surface area contributed by atoms with E-state index in [2.05, 4.69) is 10.3 Å². The minimum Gasteiger partial charge on any atom is -0.508 e. The topological polar surface area (TPSA) is 65.4 Å². The Morgan fingerprint density at radius 1 is 1.14 bits per heavy atom. The third-order valence-electron chi connectivity index (χ3n) is 3.20. The zero-order valence-electron chi connectivity index (χ0n) is 11.7. The quantitative estimate of drug-likeness (QED) is 0.636. The molecule has 22 heavy (non-hydrogen) atoms. The SMILES string of the molecule is Cc1ccc(Cl)cc1Nc1nc(-c2ccc(O)cc2O)cs1. The fourth-order valence-electron chi connectivity index (χ4n) is 2.04. The van der Waals surface area contributed by atoms with E-state index in [1.807, 2.05) is 30.5 Å². The van der Waals surface area contributed by atoms with Crippen molar-refractivity contribution in [1.29, 1.82) is 0 Å². The smallest absolute Gasteiger partial charge is 0.187 e. The molecule has 0 aliphatic carbocycles. The third kappa shape index (κ3) is 3.00. The van der Waals surface area contributed by atoms with E-state index >= 15 is 0 Å². The van der Waals surface area contributed by atoms with Crippen molar-refractivity contribution in [3.8, 4) is 22.8 Å².